The van der Waals surface area contributed by atoms with Crippen LogP contribution in [0.3, 0.4) is 0 Å². The van der Waals surface area contributed by atoms with Crippen LogP contribution in [0.15, 0.2) is 26.5 Å². The Morgan fingerprint density at radius 1 is 1.31 bits per heavy atom. The molecule has 0 aliphatic rings. The van der Waals surface area contributed by atoms with Crippen molar-refractivity contribution in [2.75, 3.05) is 0 Å². The second kappa shape index (κ2) is 3.69. The minimum atomic E-state index is 0.0825. The molecule has 1 aromatic heterocycles. The van der Waals surface area contributed by atoms with Crippen molar-refractivity contribution < 1.29 is 5.11 Å². The topological polar surface area (TPSA) is 20.2 Å². The van der Waals surface area contributed by atoms with Crippen LogP contribution in [0.4, 0.5) is 0 Å². The van der Waals surface area contributed by atoms with Crippen LogP contribution in [0.25, 0.3) is 10.1 Å². The number of rotatable bonds is 1. The van der Waals surface area contributed by atoms with Gasteiger partial charge in [0.15, 0.2) is 0 Å². The lowest BCUT2D eigenvalue weighted by atomic mass is 10.1. The second-order valence-corrected chi connectivity index (χ2v) is 5.80. The van der Waals surface area contributed by atoms with E-state index in [1.807, 2.05) is 12.1 Å². The van der Waals surface area contributed by atoms with Gasteiger partial charge in [0.05, 0.1) is 14.9 Å². The van der Waals surface area contributed by atoms with E-state index in [9.17, 15) is 0 Å². The van der Waals surface area contributed by atoms with Crippen LogP contribution in [0.2, 0.25) is 0 Å². The van der Waals surface area contributed by atoms with Crippen molar-refractivity contribution in [2.45, 2.75) is 6.61 Å². The van der Waals surface area contributed by atoms with E-state index in [4.69, 9.17) is 5.11 Å². The van der Waals surface area contributed by atoms with Gasteiger partial charge in [0.25, 0.3) is 0 Å². The molecule has 0 atom stereocenters. The van der Waals surface area contributed by atoms with Crippen LogP contribution in [0.1, 0.15) is 5.56 Å². The fourth-order valence-corrected chi connectivity index (χ4v) is 3.71. The summed E-state index contributed by atoms with van der Waals surface area (Å²) in [5.41, 5.74) is 0.964. The monoisotopic (exact) mass is 320 g/mol. The van der Waals surface area contributed by atoms with Gasteiger partial charge in [-0.05, 0) is 43.5 Å². The molecule has 4 heteroatoms. The van der Waals surface area contributed by atoms with Crippen molar-refractivity contribution in [1.82, 2.24) is 0 Å². The molecule has 0 saturated carbocycles. The molecule has 0 amide bonds. The van der Waals surface area contributed by atoms with E-state index in [1.54, 1.807) is 11.3 Å². The summed E-state index contributed by atoms with van der Waals surface area (Å²) < 4.78 is 3.30. The van der Waals surface area contributed by atoms with Crippen molar-refractivity contribution in [3.8, 4) is 0 Å². The predicted octanol–water partition coefficient (Wildman–Crippen LogP) is 3.92. The highest BCUT2D eigenvalue weighted by Gasteiger charge is 2.10. The first-order valence-electron chi connectivity index (χ1n) is 3.70. The Morgan fingerprint density at radius 2 is 2.08 bits per heavy atom. The summed E-state index contributed by atoms with van der Waals surface area (Å²) in [5, 5.41) is 10.3. The maximum Gasteiger partial charge on any atom is 0.0853 e. The molecule has 0 fully saturated rings. The maximum absolute atomic E-state index is 9.14. The fourth-order valence-electron chi connectivity index (χ4n) is 1.28. The SMILES string of the molecule is OCc1cccc2sc(Br)c(Br)c12. The summed E-state index contributed by atoms with van der Waals surface area (Å²) in [6.07, 6.45) is 0. The first-order valence-corrected chi connectivity index (χ1v) is 6.10. The number of thiophene rings is 1. The van der Waals surface area contributed by atoms with Crippen LogP contribution in [-0.4, -0.2) is 5.11 Å². The number of benzene rings is 1. The molecule has 13 heavy (non-hydrogen) atoms. The van der Waals surface area contributed by atoms with Crippen LogP contribution in [0.5, 0.6) is 0 Å². The molecular weight excluding hydrogens is 316 g/mol. The quantitative estimate of drug-likeness (QED) is 0.844. The maximum atomic E-state index is 9.14. The number of aliphatic hydroxyl groups is 1. The minimum absolute atomic E-state index is 0.0825. The molecule has 0 unspecified atom stereocenters. The number of fused-ring (bicyclic) bond motifs is 1. The summed E-state index contributed by atoms with van der Waals surface area (Å²) in [4.78, 5) is 0. The molecular formula is C9H6Br2OS. The largest absolute Gasteiger partial charge is 0.392 e. The van der Waals surface area contributed by atoms with Gasteiger partial charge in [-0.15, -0.1) is 11.3 Å². The van der Waals surface area contributed by atoms with E-state index in [0.29, 0.717) is 0 Å². The first kappa shape index (κ1) is 9.65. The van der Waals surface area contributed by atoms with Crippen molar-refractivity contribution >= 4 is 53.3 Å². The molecule has 2 aromatic rings. The van der Waals surface area contributed by atoms with Gasteiger partial charge in [0.1, 0.15) is 0 Å². The van der Waals surface area contributed by atoms with Crippen LogP contribution < -0.4 is 0 Å². The van der Waals surface area contributed by atoms with Gasteiger partial charge in [-0.1, -0.05) is 12.1 Å². The molecule has 0 radical (unpaired) electrons. The zero-order chi connectivity index (χ0) is 9.42. The average molecular weight is 322 g/mol. The van der Waals surface area contributed by atoms with Crippen molar-refractivity contribution in [3.63, 3.8) is 0 Å². The van der Waals surface area contributed by atoms with Crippen LogP contribution in [0, 0.1) is 0 Å². The van der Waals surface area contributed by atoms with Crippen molar-refractivity contribution in [2.24, 2.45) is 0 Å². The molecule has 0 spiro atoms. The standard InChI is InChI=1S/C9H6Br2OS/c10-8-7-5(4-12)2-1-3-6(7)13-9(8)11/h1-3,12H,4H2. The molecule has 0 aliphatic carbocycles. The van der Waals surface area contributed by atoms with Gasteiger partial charge in [0, 0.05) is 10.1 Å². The van der Waals surface area contributed by atoms with Gasteiger partial charge in [-0.25, -0.2) is 0 Å². The third-order valence-corrected chi connectivity index (χ3v) is 5.29. The van der Waals surface area contributed by atoms with E-state index in [2.05, 4.69) is 37.9 Å². The van der Waals surface area contributed by atoms with E-state index in [1.165, 1.54) is 4.70 Å². The smallest absolute Gasteiger partial charge is 0.0853 e. The fraction of sp³-hybridized carbons (Fsp3) is 0.111. The number of hydrogen-bond acceptors (Lipinski definition) is 2. The van der Waals surface area contributed by atoms with Gasteiger partial charge in [0.2, 0.25) is 0 Å². The highest BCUT2D eigenvalue weighted by Crippen LogP contribution is 2.40. The number of halogens is 2. The van der Waals surface area contributed by atoms with E-state index in [-0.39, 0.29) is 6.61 Å². The van der Waals surface area contributed by atoms with Gasteiger partial charge >= 0.3 is 0 Å². The highest BCUT2D eigenvalue weighted by molar-refractivity contribution is 9.13. The summed E-state index contributed by atoms with van der Waals surface area (Å²) in [7, 11) is 0. The third-order valence-electron chi connectivity index (χ3n) is 1.87. The zero-order valence-electron chi connectivity index (χ0n) is 6.55. The molecule has 1 aromatic carbocycles. The molecule has 0 bridgehead atoms. The molecule has 2 rings (SSSR count). The average Bonchev–Trinajstić information content (AvgIpc) is 2.43. The van der Waals surface area contributed by atoms with Crippen molar-refractivity contribution in [1.29, 1.82) is 0 Å². The number of hydrogen-bond donors (Lipinski definition) is 1. The molecule has 1 nitrogen and oxygen atoms in total. The summed E-state index contributed by atoms with van der Waals surface area (Å²) >= 11 is 8.62. The first-order chi connectivity index (χ1) is 6.24. The Morgan fingerprint density at radius 3 is 2.77 bits per heavy atom. The molecule has 0 aliphatic heterocycles. The molecule has 1 N–H and O–H groups in total. The Kier molecular flexibility index (Phi) is 2.74. The normalized spacial score (nSPS) is 11.0. The lowest BCUT2D eigenvalue weighted by Crippen LogP contribution is -1.82. The highest BCUT2D eigenvalue weighted by atomic mass is 79.9. The van der Waals surface area contributed by atoms with E-state index >= 15 is 0 Å². The van der Waals surface area contributed by atoms with E-state index < -0.39 is 0 Å². The Bertz CT molecular complexity index is 450. The predicted molar refractivity (Wildman–Crippen MR) is 63.1 cm³/mol. The molecule has 68 valence electrons. The van der Waals surface area contributed by atoms with Gasteiger partial charge in [-0.3, -0.25) is 0 Å². The lowest BCUT2D eigenvalue weighted by Gasteiger charge is -1.98. The summed E-state index contributed by atoms with van der Waals surface area (Å²) in [6.45, 7) is 0.0825. The Balaban J connectivity index is 2.87. The second-order valence-electron chi connectivity index (χ2n) is 2.64. The molecule has 1 heterocycles. The Hall–Kier alpha value is 0.1000. The Labute approximate surface area is 96.6 Å². The summed E-state index contributed by atoms with van der Waals surface area (Å²) in [6, 6.07) is 5.95. The number of aliphatic hydroxyl groups excluding tert-OH is 1. The van der Waals surface area contributed by atoms with Crippen molar-refractivity contribution in [3.05, 3.63) is 32.0 Å². The minimum Gasteiger partial charge on any atom is -0.392 e. The van der Waals surface area contributed by atoms with E-state index in [0.717, 1.165) is 19.2 Å². The lowest BCUT2D eigenvalue weighted by molar-refractivity contribution is 0.283. The van der Waals surface area contributed by atoms with Gasteiger partial charge < -0.3 is 5.11 Å². The third kappa shape index (κ3) is 1.56. The van der Waals surface area contributed by atoms with Gasteiger partial charge in [-0.2, -0.15) is 0 Å². The van der Waals surface area contributed by atoms with Crippen LogP contribution >= 0.6 is 43.2 Å². The van der Waals surface area contributed by atoms with Crippen LogP contribution in [-0.2, 0) is 6.61 Å². The molecule has 0 saturated heterocycles. The summed E-state index contributed by atoms with van der Waals surface area (Å²) in [5.74, 6) is 0. The zero-order valence-corrected chi connectivity index (χ0v) is 10.5.